The van der Waals surface area contributed by atoms with Crippen molar-refractivity contribution >= 4 is 6.29 Å². The second-order valence-electron chi connectivity index (χ2n) is 3.78. The van der Waals surface area contributed by atoms with Gasteiger partial charge in [0, 0.05) is 0 Å². The Morgan fingerprint density at radius 1 is 1.57 bits per heavy atom. The van der Waals surface area contributed by atoms with Crippen molar-refractivity contribution in [3.63, 3.8) is 0 Å². The summed E-state index contributed by atoms with van der Waals surface area (Å²) < 4.78 is 18.3. The number of benzene rings is 1. The van der Waals surface area contributed by atoms with Crippen LogP contribution in [0.15, 0.2) is 18.2 Å². The zero-order valence-corrected chi connectivity index (χ0v) is 7.92. The first-order valence-electron chi connectivity index (χ1n) is 4.57. The number of halogens is 1. The Bertz CT molecular complexity index is 376. The number of aryl methyl sites for hydroxylation is 1. The number of carbonyl (C=O) groups is 1. The molecule has 0 fully saturated rings. The first-order valence-corrected chi connectivity index (χ1v) is 4.57. The molecule has 1 heterocycles. The number of fused-ring (bicyclic) bond motifs is 1. The van der Waals surface area contributed by atoms with Crippen LogP contribution in [0.3, 0.4) is 0 Å². The summed E-state index contributed by atoms with van der Waals surface area (Å²) in [6, 6.07) is 4.38. The molecule has 0 saturated carbocycles. The van der Waals surface area contributed by atoms with Crippen molar-refractivity contribution < 1.29 is 13.9 Å². The van der Waals surface area contributed by atoms with Crippen LogP contribution in [0.4, 0.5) is 4.39 Å². The van der Waals surface area contributed by atoms with Crippen LogP contribution < -0.4 is 4.74 Å². The highest BCUT2D eigenvalue weighted by Crippen LogP contribution is 2.32. The molecule has 1 atom stereocenters. The Hall–Kier alpha value is -1.38. The number of hydrogen-bond acceptors (Lipinski definition) is 2. The monoisotopic (exact) mass is 194 g/mol. The number of hydrogen-bond donors (Lipinski definition) is 0. The lowest BCUT2D eigenvalue weighted by Gasteiger charge is -2.30. The molecule has 2 nitrogen and oxygen atoms in total. The van der Waals surface area contributed by atoms with E-state index >= 15 is 0 Å². The molecule has 14 heavy (non-hydrogen) atoms. The van der Waals surface area contributed by atoms with E-state index in [1.54, 1.807) is 13.0 Å². The van der Waals surface area contributed by atoms with Gasteiger partial charge in [-0.1, -0.05) is 0 Å². The van der Waals surface area contributed by atoms with Gasteiger partial charge in [0.1, 0.15) is 11.6 Å². The normalized spacial score (nSPS) is 25.0. The molecule has 0 bridgehead atoms. The summed E-state index contributed by atoms with van der Waals surface area (Å²) in [6.45, 7) is 1.74. The van der Waals surface area contributed by atoms with Gasteiger partial charge in [-0.05, 0) is 43.5 Å². The molecular formula is C11H11FO2. The maximum atomic E-state index is 12.8. The highest BCUT2D eigenvalue weighted by Gasteiger charge is 2.30. The van der Waals surface area contributed by atoms with Gasteiger partial charge >= 0.3 is 0 Å². The lowest BCUT2D eigenvalue weighted by Crippen LogP contribution is -2.37. The average molecular weight is 194 g/mol. The van der Waals surface area contributed by atoms with Crippen LogP contribution in [-0.2, 0) is 11.2 Å². The predicted octanol–water partition coefficient (Wildman–Crippen LogP) is 2.11. The highest BCUT2D eigenvalue weighted by atomic mass is 19.1. The van der Waals surface area contributed by atoms with E-state index in [9.17, 15) is 9.18 Å². The fourth-order valence-electron chi connectivity index (χ4n) is 1.61. The van der Waals surface area contributed by atoms with E-state index in [-0.39, 0.29) is 5.82 Å². The minimum Gasteiger partial charge on any atom is -0.480 e. The minimum absolute atomic E-state index is 0.262. The molecule has 0 saturated heterocycles. The van der Waals surface area contributed by atoms with Crippen LogP contribution in [0.1, 0.15) is 18.9 Å². The van der Waals surface area contributed by atoms with Gasteiger partial charge in [0.25, 0.3) is 0 Å². The van der Waals surface area contributed by atoms with Crippen LogP contribution in [-0.4, -0.2) is 11.9 Å². The Labute approximate surface area is 81.7 Å². The van der Waals surface area contributed by atoms with Gasteiger partial charge in [-0.3, -0.25) is 4.79 Å². The Kier molecular flexibility index (Phi) is 2.02. The van der Waals surface area contributed by atoms with E-state index in [4.69, 9.17) is 4.74 Å². The first-order chi connectivity index (χ1) is 6.63. The summed E-state index contributed by atoms with van der Waals surface area (Å²) >= 11 is 0. The van der Waals surface area contributed by atoms with Crippen LogP contribution in [0, 0.1) is 5.82 Å². The van der Waals surface area contributed by atoms with E-state index < -0.39 is 5.60 Å². The van der Waals surface area contributed by atoms with Crippen molar-refractivity contribution in [2.45, 2.75) is 25.4 Å². The minimum atomic E-state index is -0.745. The third-order valence-corrected chi connectivity index (χ3v) is 2.51. The molecule has 2 rings (SSSR count). The fourth-order valence-corrected chi connectivity index (χ4v) is 1.61. The summed E-state index contributed by atoms with van der Waals surface area (Å²) in [5, 5.41) is 0. The molecule has 3 heteroatoms. The molecule has 0 aliphatic carbocycles. The van der Waals surface area contributed by atoms with Crippen molar-refractivity contribution in [1.29, 1.82) is 0 Å². The third kappa shape index (κ3) is 1.50. The van der Waals surface area contributed by atoms with Crippen LogP contribution in [0.25, 0.3) is 0 Å². The van der Waals surface area contributed by atoms with Gasteiger partial charge < -0.3 is 4.74 Å². The van der Waals surface area contributed by atoms with Gasteiger partial charge in [-0.15, -0.1) is 0 Å². The Balaban J connectivity index is 2.36. The zero-order chi connectivity index (χ0) is 10.2. The molecule has 0 aromatic heterocycles. The Morgan fingerprint density at radius 3 is 3.07 bits per heavy atom. The fraction of sp³-hybridized carbons (Fsp3) is 0.364. The van der Waals surface area contributed by atoms with E-state index in [2.05, 4.69) is 0 Å². The SMILES string of the molecule is CC1(C=O)CCc2cc(F)ccc2O1. The van der Waals surface area contributed by atoms with Crippen molar-refractivity contribution in [2.24, 2.45) is 0 Å². The highest BCUT2D eigenvalue weighted by molar-refractivity contribution is 5.63. The van der Waals surface area contributed by atoms with Crippen LogP contribution >= 0.6 is 0 Å². The lowest BCUT2D eigenvalue weighted by atomic mass is 9.94. The first kappa shape index (κ1) is 9.19. The van der Waals surface area contributed by atoms with Gasteiger partial charge in [0.15, 0.2) is 11.9 Å². The summed E-state index contributed by atoms with van der Waals surface area (Å²) in [6.07, 6.45) is 2.09. The second kappa shape index (κ2) is 3.08. The maximum Gasteiger partial charge on any atom is 0.163 e. The predicted molar refractivity (Wildman–Crippen MR) is 49.8 cm³/mol. The second-order valence-corrected chi connectivity index (χ2v) is 3.78. The lowest BCUT2D eigenvalue weighted by molar-refractivity contribution is -0.121. The molecule has 0 N–H and O–H groups in total. The number of ether oxygens (including phenoxy) is 1. The van der Waals surface area contributed by atoms with E-state index in [0.717, 1.165) is 11.8 Å². The van der Waals surface area contributed by atoms with Crippen molar-refractivity contribution in [3.8, 4) is 5.75 Å². The molecule has 0 amide bonds. The molecule has 0 spiro atoms. The molecule has 1 aromatic rings. The van der Waals surface area contributed by atoms with Gasteiger partial charge in [0.05, 0.1) is 0 Å². The smallest absolute Gasteiger partial charge is 0.163 e. The molecule has 1 unspecified atom stereocenters. The quantitative estimate of drug-likeness (QED) is 0.640. The van der Waals surface area contributed by atoms with E-state index in [1.807, 2.05) is 0 Å². The third-order valence-electron chi connectivity index (χ3n) is 2.51. The maximum absolute atomic E-state index is 12.8. The van der Waals surface area contributed by atoms with E-state index in [0.29, 0.717) is 18.6 Å². The van der Waals surface area contributed by atoms with Gasteiger partial charge in [-0.25, -0.2) is 4.39 Å². The van der Waals surface area contributed by atoms with Crippen LogP contribution in [0.5, 0.6) is 5.75 Å². The molecule has 1 aliphatic heterocycles. The molecule has 0 radical (unpaired) electrons. The summed E-state index contributed by atoms with van der Waals surface area (Å²) in [5.74, 6) is 0.356. The molecule has 1 aliphatic rings. The Morgan fingerprint density at radius 2 is 2.36 bits per heavy atom. The van der Waals surface area contributed by atoms with Gasteiger partial charge in [-0.2, -0.15) is 0 Å². The van der Waals surface area contributed by atoms with Gasteiger partial charge in [0.2, 0.25) is 0 Å². The number of rotatable bonds is 1. The molecule has 74 valence electrons. The standard InChI is InChI=1S/C11H11FO2/c1-11(7-13)5-4-8-6-9(12)2-3-10(8)14-11/h2-3,6-7H,4-5H2,1H3. The van der Waals surface area contributed by atoms with E-state index in [1.165, 1.54) is 12.1 Å². The topological polar surface area (TPSA) is 26.3 Å². The zero-order valence-electron chi connectivity index (χ0n) is 7.92. The summed E-state index contributed by atoms with van der Waals surface area (Å²) in [7, 11) is 0. The largest absolute Gasteiger partial charge is 0.480 e. The number of aldehydes is 1. The van der Waals surface area contributed by atoms with Crippen molar-refractivity contribution in [1.82, 2.24) is 0 Å². The van der Waals surface area contributed by atoms with Crippen molar-refractivity contribution in [3.05, 3.63) is 29.6 Å². The molecular weight excluding hydrogens is 183 g/mol. The molecule has 1 aromatic carbocycles. The van der Waals surface area contributed by atoms with Crippen molar-refractivity contribution in [2.75, 3.05) is 0 Å². The van der Waals surface area contributed by atoms with Crippen LogP contribution in [0.2, 0.25) is 0 Å². The summed E-state index contributed by atoms with van der Waals surface area (Å²) in [5.41, 5.74) is 0.0921. The summed E-state index contributed by atoms with van der Waals surface area (Å²) in [4.78, 5) is 10.8. The average Bonchev–Trinajstić information content (AvgIpc) is 2.19. The number of carbonyl (C=O) groups excluding carboxylic acids is 1.